The van der Waals surface area contributed by atoms with Crippen molar-refractivity contribution >= 4 is 29.1 Å². The van der Waals surface area contributed by atoms with Crippen molar-refractivity contribution in [2.45, 2.75) is 13.8 Å². The number of aromatic nitrogens is 2. The lowest BCUT2D eigenvalue weighted by Gasteiger charge is -2.09. The Labute approximate surface area is 152 Å². The lowest BCUT2D eigenvalue weighted by atomic mass is 10.2. The predicted octanol–water partition coefficient (Wildman–Crippen LogP) is 4.45. The van der Waals surface area contributed by atoms with Gasteiger partial charge in [0.2, 0.25) is 5.95 Å². The van der Waals surface area contributed by atoms with Gasteiger partial charge < -0.3 is 15.4 Å². The molecule has 2 N–H and O–H groups in total. The fourth-order valence-corrected chi connectivity index (χ4v) is 2.31. The van der Waals surface area contributed by atoms with Gasteiger partial charge in [0.05, 0.1) is 12.2 Å². The number of aryl methyl sites for hydroxylation is 1. The number of benzene rings is 2. The molecule has 26 heavy (non-hydrogen) atoms. The zero-order valence-electron chi connectivity index (χ0n) is 14.7. The first-order valence-electron chi connectivity index (χ1n) is 8.35. The number of hydrogen-bond donors (Lipinski definition) is 2. The van der Waals surface area contributed by atoms with Crippen LogP contribution in [0, 0.1) is 6.92 Å². The lowest BCUT2D eigenvalue weighted by molar-refractivity contribution is 0.0526. The molecule has 1 heterocycles. The average molecular weight is 348 g/mol. The van der Waals surface area contributed by atoms with E-state index < -0.39 is 0 Å². The Balaban J connectivity index is 1.68. The summed E-state index contributed by atoms with van der Waals surface area (Å²) in [4.78, 5) is 20.3. The number of anilines is 4. The Morgan fingerprint density at radius 2 is 1.62 bits per heavy atom. The third-order valence-electron chi connectivity index (χ3n) is 3.63. The first-order chi connectivity index (χ1) is 12.6. The van der Waals surface area contributed by atoms with Gasteiger partial charge in [-0.15, -0.1) is 0 Å². The van der Waals surface area contributed by atoms with E-state index in [4.69, 9.17) is 4.74 Å². The van der Waals surface area contributed by atoms with Crippen molar-refractivity contribution in [3.8, 4) is 0 Å². The minimum Gasteiger partial charge on any atom is -0.462 e. The van der Waals surface area contributed by atoms with Crippen molar-refractivity contribution in [3.05, 3.63) is 71.9 Å². The van der Waals surface area contributed by atoms with E-state index in [1.807, 2.05) is 31.2 Å². The molecule has 6 heteroatoms. The summed E-state index contributed by atoms with van der Waals surface area (Å²) in [6, 6.07) is 16.8. The van der Waals surface area contributed by atoms with Gasteiger partial charge in [0.15, 0.2) is 0 Å². The molecule has 2 aromatic carbocycles. The lowest BCUT2D eigenvalue weighted by Crippen LogP contribution is -2.04. The number of carbonyl (C=O) groups excluding carboxylic acids is 1. The van der Waals surface area contributed by atoms with Crippen molar-refractivity contribution in [3.63, 3.8) is 0 Å². The van der Waals surface area contributed by atoms with Crippen LogP contribution in [0.3, 0.4) is 0 Å². The van der Waals surface area contributed by atoms with Crippen molar-refractivity contribution in [2.75, 3.05) is 17.2 Å². The number of rotatable bonds is 6. The van der Waals surface area contributed by atoms with Crippen LogP contribution in [0.1, 0.15) is 22.8 Å². The normalized spacial score (nSPS) is 10.2. The smallest absolute Gasteiger partial charge is 0.338 e. The van der Waals surface area contributed by atoms with Crippen LogP contribution < -0.4 is 10.6 Å². The topological polar surface area (TPSA) is 76.1 Å². The Bertz CT molecular complexity index is 877. The van der Waals surface area contributed by atoms with Crippen LogP contribution in [0.2, 0.25) is 0 Å². The van der Waals surface area contributed by atoms with Gasteiger partial charge in [-0.25, -0.2) is 9.78 Å². The number of carbonyl (C=O) groups is 1. The molecule has 6 nitrogen and oxygen atoms in total. The highest BCUT2D eigenvalue weighted by molar-refractivity contribution is 5.89. The highest BCUT2D eigenvalue weighted by Crippen LogP contribution is 2.18. The van der Waals surface area contributed by atoms with Gasteiger partial charge in [-0.1, -0.05) is 17.7 Å². The van der Waals surface area contributed by atoms with Gasteiger partial charge >= 0.3 is 5.97 Å². The van der Waals surface area contributed by atoms with Gasteiger partial charge in [0.25, 0.3) is 0 Å². The van der Waals surface area contributed by atoms with Gasteiger partial charge in [-0.05, 0) is 56.3 Å². The molecule has 0 radical (unpaired) electrons. The molecule has 0 fully saturated rings. The maximum atomic E-state index is 11.7. The van der Waals surface area contributed by atoms with Crippen molar-refractivity contribution in [1.82, 2.24) is 9.97 Å². The first-order valence-corrected chi connectivity index (χ1v) is 8.35. The van der Waals surface area contributed by atoms with E-state index in [1.54, 1.807) is 43.5 Å². The third-order valence-corrected chi connectivity index (χ3v) is 3.63. The fraction of sp³-hybridized carbons (Fsp3) is 0.150. The van der Waals surface area contributed by atoms with Crippen LogP contribution in [0.5, 0.6) is 0 Å². The summed E-state index contributed by atoms with van der Waals surface area (Å²) in [5.41, 5.74) is 3.45. The third kappa shape index (κ3) is 4.57. The van der Waals surface area contributed by atoms with Crippen molar-refractivity contribution < 1.29 is 9.53 Å². The minimum atomic E-state index is -0.334. The molecular weight excluding hydrogens is 328 g/mol. The monoisotopic (exact) mass is 348 g/mol. The zero-order valence-corrected chi connectivity index (χ0v) is 14.7. The standard InChI is InChI=1S/C20H20N4O2/c1-3-26-19(25)15-6-10-17(11-7-15)23-20-21-13-12-18(24-20)22-16-8-4-14(2)5-9-16/h4-13H,3H2,1-2H3,(H2,21,22,23,24). The molecule has 3 aromatic rings. The molecule has 0 amide bonds. The SMILES string of the molecule is CCOC(=O)c1ccc(Nc2nccc(Nc3ccc(C)cc3)n2)cc1. The summed E-state index contributed by atoms with van der Waals surface area (Å²) < 4.78 is 4.97. The summed E-state index contributed by atoms with van der Waals surface area (Å²) >= 11 is 0. The molecule has 0 saturated heterocycles. The number of nitrogens with one attached hydrogen (secondary N) is 2. The Morgan fingerprint density at radius 1 is 0.962 bits per heavy atom. The maximum absolute atomic E-state index is 11.7. The molecule has 132 valence electrons. The second-order valence-electron chi connectivity index (χ2n) is 5.68. The van der Waals surface area contributed by atoms with E-state index in [2.05, 4.69) is 20.6 Å². The van der Waals surface area contributed by atoms with E-state index in [0.29, 0.717) is 23.9 Å². The van der Waals surface area contributed by atoms with Crippen LogP contribution in [0.15, 0.2) is 60.8 Å². The second kappa shape index (κ2) is 8.11. The largest absolute Gasteiger partial charge is 0.462 e. The molecule has 0 unspecified atom stereocenters. The Kier molecular flexibility index (Phi) is 5.43. The molecule has 3 rings (SSSR count). The molecule has 0 saturated carbocycles. The Hall–Kier alpha value is -3.41. The molecule has 0 bridgehead atoms. The minimum absolute atomic E-state index is 0.334. The number of hydrogen-bond acceptors (Lipinski definition) is 6. The zero-order chi connectivity index (χ0) is 18.4. The van der Waals surface area contributed by atoms with Crippen LogP contribution in [-0.4, -0.2) is 22.5 Å². The highest BCUT2D eigenvalue weighted by atomic mass is 16.5. The van der Waals surface area contributed by atoms with Gasteiger partial charge in [0.1, 0.15) is 5.82 Å². The van der Waals surface area contributed by atoms with E-state index in [0.717, 1.165) is 11.4 Å². The van der Waals surface area contributed by atoms with Crippen LogP contribution >= 0.6 is 0 Å². The molecular formula is C20H20N4O2. The summed E-state index contributed by atoms with van der Waals surface area (Å²) in [6.45, 7) is 4.18. The van der Waals surface area contributed by atoms with E-state index in [9.17, 15) is 4.79 Å². The molecule has 0 aliphatic rings. The van der Waals surface area contributed by atoms with E-state index in [-0.39, 0.29) is 5.97 Å². The van der Waals surface area contributed by atoms with Crippen LogP contribution in [-0.2, 0) is 4.74 Å². The Morgan fingerprint density at radius 3 is 2.31 bits per heavy atom. The van der Waals surface area contributed by atoms with Crippen molar-refractivity contribution in [1.29, 1.82) is 0 Å². The fourth-order valence-electron chi connectivity index (χ4n) is 2.31. The summed E-state index contributed by atoms with van der Waals surface area (Å²) in [6.07, 6.45) is 1.68. The average Bonchev–Trinajstić information content (AvgIpc) is 2.65. The number of ether oxygens (including phenoxy) is 1. The quantitative estimate of drug-likeness (QED) is 0.641. The van der Waals surface area contributed by atoms with Gasteiger partial charge in [-0.3, -0.25) is 0 Å². The summed E-state index contributed by atoms with van der Waals surface area (Å²) in [5.74, 6) is 0.820. The predicted molar refractivity (Wildman–Crippen MR) is 102 cm³/mol. The highest BCUT2D eigenvalue weighted by Gasteiger charge is 2.06. The molecule has 1 aromatic heterocycles. The van der Waals surface area contributed by atoms with Gasteiger partial charge in [0, 0.05) is 17.6 Å². The van der Waals surface area contributed by atoms with Gasteiger partial charge in [-0.2, -0.15) is 4.98 Å². The van der Waals surface area contributed by atoms with E-state index in [1.165, 1.54) is 5.56 Å². The number of nitrogens with zero attached hydrogens (tertiary/aromatic N) is 2. The summed E-state index contributed by atoms with van der Waals surface area (Å²) in [5, 5.41) is 6.37. The molecule has 0 spiro atoms. The van der Waals surface area contributed by atoms with Crippen LogP contribution in [0.4, 0.5) is 23.1 Å². The first kappa shape index (κ1) is 17.4. The maximum Gasteiger partial charge on any atom is 0.338 e. The second-order valence-corrected chi connectivity index (χ2v) is 5.68. The summed E-state index contributed by atoms with van der Waals surface area (Å²) in [7, 11) is 0. The van der Waals surface area contributed by atoms with E-state index >= 15 is 0 Å². The molecule has 0 aliphatic carbocycles. The van der Waals surface area contributed by atoms with Crippen molar-refractivity contribution in [2.24, 2.45) is 0 Å². The number of esters is 1. The molecule has 0 atom stereocenters. The molecule has 0 aliphatic heterocycles. The van der Waals surface area contributed by atoms with Crippen LogP contribution in [0.25, 0.3) is 0 Å².